The number of aliphatic hydroxyl groups excluding tert-OH is 1. The van der Waals surface area contributed by atoms with Crippen LogP contribution in [0, 0.1) is 0 Å². The Morgan fingerprint density at radius 3 is 2.67 bits per heavy atom. The molecule has 0 bridgehead atoms. The number of halogens is 1. The Hall–Kier alpha value is -1.50. The van der Waals surface area contributed by atoms with Gasteiger partial charge >= 0.3 is 0 Å². The van der Waals surface area contributed by atoms with E-state index in [-0.39, 0.29) is 31.7 Å². The average Bonchev–Trinajstić information content (AvgIpc) is 2.46. The van der Waals surface area contributed by atoms with Crippen LogP contribution in [0.4, 0.5) is 0 Å². The smallest absolute Gasteiger partial charge is 0.255 e. The fraction of sp³-hybridized carbons (Fsp3) is 0.500. The van der Waals surface area contributed by atoms with Crippen molar-refractivity contribution in [1.29, 1.82) is 0 Å². The third-order valence-electron chi connectivity index (χ3n) is 2.91. The zero-order valence-electron chi connectivity index (χ0n) is 12.3. The fourth-order valence-corrected chi connectivity index (χ4v) is 1.69. The van der Waals surface area contributed by atoms with Gasteiger partial charge in [-0.25, -0.2) is 0 Å². The highest BCUT2D eigenvalue weighted by molar-refractivity contribution is 5.85. The van der Waals surface area contributed by atoms with Gasteiger partial charge in [-0.05, 0) is 24.1 Å². The van der Waals surface area contributed by atoms with Gasteiger partial charge in [-0.15, -0.1) is 12.4 Å². The summed E-state index contributed by atoms with van der Waals surface area (Å²) < 4.78 is 10.5. The summed E-state index contributed by atoms with van der Waals surface area (Å²) in [5.74, 6) is 0.485. The summed E-state index contributed by atoms with van der Waals surface area (Å²) in [6.07, 6.45) is 0.855. The molecule has 0 saturated heterocycles. The molecule has 4 N–H and O–H groups in total. The first kappa shape index (κ1) is 19.5. The highest BCUT2D eigenvalue weighted by atomic mass is 35.5. The fourth-order valence-electron chi connectivity index (χ4n) is 1.69. The van der Waals surface area contributed by atoms with E-state index in [0.29, 0.717) is 18.0 Å². The molecule has 0 aliphatic carbocycles. The van der Waals surface area contributed by atoms with Crippen LogP contribution in [-0.4, -0.2) is 37.4 Å². The number of carbonyl (C=O) groups is 1. The first-order chi connectivity index (χ1) is 9.60. The number of rotatable bonds is 9. The quantitative estimate of drug-likeness (QED) is 0.627. The molecule has 21 heavy (non-hydrogen) atoms. The van der Waals surface area contributed by atoms with Crippen molar-refractivity contribution in [3.63, 3.8) is 0 Å². The summed E-state index contributed by atoms with van der Waals surface area (Å²) in [7, 11) is 1.53. The minimum atomic E-state index is -0.536. The number of methoxy groups -OCH3 is 1. The van der Waals surface area contributed by atoms with E-state index in [1.807, 2.05) is 19.1 Å². The number of ether oxygens (including phenoxy) is 2. The minimum absolute atomic E-state index is 0. The molecular formula is C14H23ClN2O4. The summed E-state index contributed by atoms with van der Waals surface area (Å²) in [6, 6.07) is 5.51. The molecule has 0 fully saturated rings. The standard InChI is InChI=1S/C14H22N2O4.ClH/c1-3-11(8-17)16-7-10-4-5-12(13(6-10)19-2)20-9-14(15)18;/h4-6,11,16-17H,3,7-9H2,1-2H3,(H2,15,18);1H. The van der Waals surface area contributed by atoms with Crippen LogP contribution in [0.1, 0.15) is 18.9 Å². The van der Waals surface area contributed by atoms with Crippen LogP contribution in [0.5, 0.6) is 11.5 Å². The topological polar surface area (TPSA) is 93.8 Å². The number of hydrogen-bond acceptors (Lipinski definition) is 5. The van der Waals surface area contributed by atoms with Gasteiger partial charge in [0.05, 0.1) is 13.7 Å². The zero-order chi connectivity index (χ0) is 15.0. The molecule has 0 aliphatic heterocycles. The molecule has 1 atom stereocenters. The number of benzene rings is 1. The van der Waals surface area contributed by atoms with Crippen molar-refractivity contribution in [3.8, 4) is 11.5 Å². The second-order valence-electron chi connectivity index (χ2n) is 4.41. The molecular weight excluding hydrogens is 296 g/mol. The lowest BCUT2D eigenvalue weighted by Gasteiger charge is -2.15. The molecule has 0 radical (unpaired) electrons. The van der Waals surface area contributed by atoms with E-state index in [1.165, 1.54) is 7.11 Å². The normalized spacial score (nSPS) is 11.4. The number of hydrogen-bond donors (Lipinski definition) is 3. The Labute approximate surface area is 131 Å². The highest BCUT2D eigenvalue weighted by Gasteiger charge is 2.08. The number of nitrogens with one attached hydrogen (secondary N) is 1. The van der Waals surface area contributed by atoms with Crippen LogP contribution in [0.3, 0.4) is 0 Å². The van der Waals surface area contributed by atoms with Crippen LogP contribution in [0.25, 0.3) is 0 Å². The maximum Gasteiger partial charge on any atom is 0.255 e. The number of nitrogens with two attached hydrogens (primary N) is 1. The van der Waals surface area contributed by atoms with Gasteiger partial charge in [0.25, 0.3) is 5.91 Å². The highest BCUT2D eigenvalue weighted by Crippen LogP contribution is 2.28. The molecule has 1 aromatic carbocycles. The predicted octanol–water partition coefficient (Wildman–Crippen LogP) is 0.842. The lowest BCUT2D eigenvalue weighted by atomic mass is 10.1. The first-order valence-electron chi connectivity index (χ1n) is 6.53. The number of carbonyl (C=O) groups excluding carboxylic acids is 1. The Bertz CT molecular complexity index is 439. The van der Waals surface area contributed by atoms with Gasteiger partial charge in [-0.1, -0.05) is 13.0 Å². The summed E-state index contributed by atoms with van der Waals surface area (Å²) in [6.45, 7) is 2.55. The van der Waals surface area contributed by atoms with Crippen LogP contribution >= 0.6 is 12.4 Å². The van der Waals surface area contributed by atoms with Crippen molar-refractivity contribution in [2.45, 2.75) is 25.9 Å². The van der Waals surface area contributed by atoms with Gasteiger partial charge in [0, 0.05) is 12.6 Å². The Morgan fingerprint density at radius 2 is 2.14 bits per heavy atom. The zero-order valence-corrected chi connectivity index (χ0v) is 13.1. The Kier molecular flexibility index (Phi) is 9.53. The second kappa shape index (κ2) is 10.3. The molecule has 0 aromatic heterocycles. The maximum atomic E-state index is 10.7. The van der Waals surface area contributed by atoms with Gasteiger partial charge < -0.3 is 25.6 Å². The lowest BCUT2D eigenvalue weighted by Crippen LogP contribution is -2.31. The van der Waals surface area contributed by atoms with E-state index >= 15 is 0 Å². The van der Waals surface area contributed by atoms with Gasteiger partial charge in [0.2, 0.25) is 0 Å². The number of amides is 1. The van der Waals surface area contributed by atoms with Crippen molar-refractivity contribution in [2.24, 2.45) is 5.73 Å². The van der Waals surface area contributed by atoms with Crippen LogP contribution in [-0.2, 0) is 11.3 Å². The Morgan fingerprint density at radius 1 is 1.43 bits per heavy atom. The van der Waals surface area contributed by atoms with Gasteiger partial charge in [-0.2, -0.15) is 0 Å². The van der Waals surface area contributed by atoms with Crippen LogP contribution < -0.4 is 20.5 Å². The molecule has 7 heteroatoms. The van der Waals surface area contributed by atoms with Gasteiger partial charge in [0.1, 0.15) is 0 Å². The number of aliphatic hydroxyl groups is 1. The van der Waals surface area contributed by atoms with Crippen LogP contribution in [0.2, 0.25) is 0 Å². The third kappa shape index (κ3) is 6.66. The summed E-state index contributed by atoms with van der Waals surface area (Å²) >= 11 is 0. The van der Waals surface area contributed by atoms with Crippen LogP contribution in [0.15, 0.2) is 18.2 Å². The van der Waals surface area contributed by atoms with Crippen molar-refractivity contribution in [3.05, 3.63) is 23.8 Å². The molecule has 1 aromatic rings. The average molecular weight is 319 g/mol. The SMILES string of the molecule is CCC(CO)NCc1ccc(OCC(N)=O)c(OC)c1.Cl. The molecule has 1 unspecified atom stereocenters. The number of primary amides is 1. The van der Waals surface area contributed by atoms with Crippen molar-refractivity contribution < 1.29 is 19.4 Å². The van der Waals surface area contributed by atoms with Gasteiger partial charge in [0.15, 0.2) is 18.1 Å². The van der Waals surface area contributed by atoms with Crippen molar-refractivity contribution in [1.82, 2.24) is 5.32 Å². The first-order valence-corrected chi connectivity index (χ1v) is 6.53. The molecule has 1 amide bonds. The molecule has 0 saturated carbocycles. The molecule has 120 valence electrons. The van der Waals surface area contributed by atoms with Crippen molar-refractivity contribution >= 4 is 18.3 Å². The van der Waals surface area contributed by atoms with E-state index in [2.05, 4.69) is 5.32 Å². The predicted molar refractivity (Wildman–Crippen MR) is 82.9 cm³/mol. The summed E-state index contributed by atoms with van der Waals surface area (Å²) in [4.78, 5) is 10.7. The van der Waals surface area contributed by atoms with Gasteiger partial charge in [-0.3, -0.25) is 4.79 Å². The largest absolute Gasteiger partial charge is 0.493 e. The molecule has 0 spiro atoms. The lowest BCUT2D eigenvalue weighted by molar-refractivity contribution is -0.119. The van der Waals surface area contributed by atoms with E-state index in [1.54, 1.807) is 6.07 Å². The maximum absolute atomic E-state index is 10.7. The molecule has 0 aliphatic rings. The Balaban J connectivity index is 0.00000400. The molecule has 1 rings (SSSR count). The van der Waals surface area contributed by atoms with E-state index in [9.17, 15) is 4.79 Å². The third-order valence-corrected chi connectivity index (χ3v) is 2.91. The van der Waals surface area contributed by atoms with E-state index in [4.69, 9.17) is 20.3 Å². The monoisotopic (exact) mass is 318 g/mol. The minimum Gasteiger partial charge on any atom is -0.493 e. The summed E-state index contributed by atoms with van der Waals surface area (Å²) in [5, 5.41) is 12.4. The molecule has 6 nitrogen and oxygen atoms in total. The molecule has 0 heterocycles. The second-order valence-corrected chi connectivity index (χ2v) is 4.41. The van der Waals surface area contributed by atoms with E-state index in [0.717, 1.165) is 12.0 Å². The van der Waals surface area contributed by atoms with E-state index < -0.39 is 5.91 Å². The van der Waals surface area contributed by atoms with Crippen molar-refractivity contribution in [2.75, 3.05) is 20.3 Å². The summed E-state index contributed by atoms with van der Waals surface area (Å²) in [5.41, 5.74) is 6.04.